The summed E-state index contributed by atoms with van der Waals surface area (Å²) in [6.07, 6.45) is 4.02. The van der Waals surface area contributed by atoms with E-state index in [1.165, 1.54) is 12.8 Å². The van der Waals surface area contributed by atoms with E-state index in [0.717, 1.165) is 18.9 Å². The van der Waals surface area contributed by atoms with Crippen LogP contribution in [0.4, 0.5) is 5.82 Å². The van der Waals surface area contributed by atoms with Gasteiger partial charge in [0.25, 0.3) is 0 Å². The lowest BCUT2D eigenvalue weighted by atomic mass is 10.4. The summed E-state index contributed by atoms with van der Waals surface area (Å²) < 4.78 is 5.40. The molecule has 1 fully saturated rings. The molecule has 4 nitrogen and oxygen atoms in total. The van der Waals surface area contributed by atoms with Gasteiger partial charge in [-0.2, -0.15) is 0 Å². The Balaban J connectivity index is 2.02. The van der Waals surface area contributed by atoms with E-state index in [2.05, 4.69) is 26.7 Å². The zero-order valence-electron chi connectivity index (χ0n) is 9.44. The lowest BCUT2D eigenvalue weighted by Gasteiger charge is -2.15. The average molecular weight is 217 g/mol. The summed E-state index contributed by atoms with van der Waals surface area (Å²) >= 11 is 0. The van der Waals surface area contributed by atoms with Gasteiger partial charge < -0.3 is 9.64 Å². The van der Waals surface area contributed by atoms with Crippen LogP contribution in [0.1, 0.15) is 19.8 Å². The van der Waals surface area contributed by atoms with Crippen molar-refractivity contribution < 1.29 is 4.74 Å². The van der Waals surface area contributed by atoms with Crippen molar-refractivity contribution in [3.05, 3.63) is 12.4 Å². The van der Waals surface area contributed by atoms with Crippen LogP contribution in [-0.4, -0.2) is 29.7 Å². The molecule has 1 aliphatic rings. The predicted octanol–water partition coefficient (Wildman–Crippen LogP) is 1.48. The van der Waals surface area contributed by atoms with Gasteiger partial charge in [0.1, 0.15) is 12.1 Å². The molecule has 2 heterocycles. The van der Waals surface area contributed by atoms with E-state index < -0.39 is 0 Å². The van der Waals surface area contributed by atoms with Gasteiger partial charge in [-0.05, 0) is 19.8 Å². The number of ether oxygens (including phenoxy) is 1. The Bertz CT molecular complexity index is 402. The minimum Gasteiger partial charge on any atom is -0.464 e. The van der Waals surface area contributed by atoms with Crippen LogP contribution in [0.2, 0.25) is 0 Å². The normalized spacial score (nSPS) is 14.4. The molecule has 0 amide bonds. The number of aromatic nitrogens is 2. The highest BCUT2D eigenvalue weighted by Gasteiger charge is 2.14. The van der Waals surface area contributed by atoms with Gasteiger partial charge in [0.15, 0.2) is 6.61 Å². The van der Waals surface area contributed by atoms with Crippen LogP contribution in [0, 0.1) is 11.8 Å². The molecule has 0 spiro atoms. The van der Waals surface area contributed by atoms with Crippen LogP contribution < -0.4 is 9.64 Å². The molecular formula is C12H15N3O. The maximum atomic E-state index is 5.40. The molecule has 0 atom stereocenters. The molecular weight excluding hydrogens is 202 g/mol. The van der Waals surface area contributed by atoms with E-state index in [1.54, 1.807) is 13.3 Å². The first kappa shape index (κ1) is 10.7. The average Bonchev–Trinajstić information content (AvgIpc) is 2.83. The fraction of sp³-hybridized carbons (Fsp3) is 0.500. The summed E-state index contributed by atoms with van der Waals surface area (Å²) in [5, 5.41) is 0. The Morgan fingerprint density at radius 2 is 2.19 bits per heavy atom. The fourth-order valence-electron chi connectivity index (χ4n) is 1.71. The summed E-state index contributed by atoms with van der Waals surface area (Å²) in [7, 11) is 0. The molecule has 2 rings (SSSR count). The van der Waals surface area contributed by atoms with E-state index in [1.807, 2.05) is 6.07 Å². The second-order valence-corrected chi connectivity index (χ2v) is 3.62. The first-order valence-corrected chi connectivity index (χ1v) is 5.49. The van der Waals surface area contributed by atoms with Crippen LogP contribution in [-0.2, 0) is 0 Å². The van der Waals surface area contributed by atoms with E-state index in [4.69, 9.17) is 4.74 Å². The summed E-state index contributed by atoms with van der Waals surface area (Å²) in [6, 6.07) is 1.88. The van der Waals surface area contributed by atoms with Crippen LogP contribution in [0.15, 0.2) is 12.4 Å². The van der Waals surface area contributed by atoms with E-state index in [-0.39, 0.29) is 0 Å². The third-order valence-electron chi connectivity index (χ3n) is 2.53. The highest BCUT2D eigenvalue weighted by Crippen LogP contribution is 2.19. The minimum absolute atomic E-state index is 0.382. The number of hydrogen-bond acceptors (Lipinski definition) is 4. The van der Waals surface area contributed by atoms with Gasteiger partial charge in [-0.25, -0.2) is 9.97 Å². The van der Waals surface area contributed by atoms with Crippen LogP contribution >= 0.6 is 0 Å². The molecule has 1 aromatic rings. The predicted molar refractivity (Wildman–Crippen MR) is 62.4 cm³/mol. The van der Waals surface area contributed by atoms with Crippen molar-refractivity contribution in [1.29, 1.82) is 0 Å². The van der Waals surface area contributed by atoms with Crippen molar-refractivity contribution in [2.24, 2.45) is 0 Å². The third-order valence-corrected chi connectivity index (χ3v) is 2.53. The summed E-state index contributed by atoms with van der Waals surface area (Å²) in [5.74, 6) is 7.17. The molecule has 0 radical (unpaired) electrons. The Hall–Kier alpha value is -1.76. The zero-order chi connectivity index (χ0) is 11.2. The maximum absolute atomic E-state index is 5.40. The topological polar surface area (TPSA) is 38.2 Å². The standard InChI is InChI=1S/C12H15N3O/c1-2-3-8-16-12-9-11(13-10-14-12)15-6-4-5-7-15/h9-10H,4-8H2,1H3. The van der Waals surface area contributed by atoms with Crippen LogP contribution in [0.25, 0.3) is 0 Å². The van der Waals surface area contributed by atoms with Crippen LogP contribution in [0.3, 0.4) is 0 Å². The van der Waals surface area contributed by atoms with Crippen molar-refractivity contribution in [2.45, 2.75) is 19.8 Å². The van der Waals surface area contributed by atoms with Crippen molar-refractivity contribution in [3.63, 3.8) is 0 Å². The van der Waals surface area contributed by atoms with E-state index in [0.29, 0.717) is 12.5 Å². The molecule has 0 bridgehead atoms. The molecule has 1 aliphatic heterocycles. The van der Waals surface area contributed by atoms with Crippen molar-refractivity contribution >= 4 is 5.82 Å². The molecule has 16 heavy (non-hydrogen) atoms. The number of rotatable bonds is 3. The van der Waals surface area contributed by atoms with Crippen LogP contribution in [0.5, 0.6) is 5.88 Å². The summed E-state index contributed by atoms with van der Waals surface area (Å²) in [4.78, 5) is 10.6. The number of anilines is 1. The monoisotopic (exact) mass is 217 g/mol. The smallest absolute Gasteiger partial charge is 0.219 e. The van der Waals surface area contributed by atoms with Gasteiger partial charge in [0, 0.05) is 19.2 Å². The molecule has 84 valence electrons. The molecule has 0 aromatic carbocycles. The third kappa shape index (κ3) is 2.63. The Morgan fingerprint density at radius 1 is 1.38 bits per heavy atom. The molecule has 0 unspecified atom stereocenters. The lowest BCUT2D eigenvalue weighted by molar-refractivity contribution is 0.354. The first-order valence-electron chi connectivity index (χ1n) is 5.49. The second-order valence-electron chi connectivity index (χ2n) is 3.62. The molecule has 1 saturated heterocycles. The zero-order valence-corrected chi connectivity index (χ0v) is 9.44. The van der Waals surface area contributed by atoms with Crippen molar-refractivity contribution in [3.8, 4) is 17.7 Å². The Morgan fingerprint density at radius 3 is 2.94 bits per heavy atom. The van der Waals surface area contributed by atoms with E-state index in [9.17, 15) is 0 Å². The van der Waals surface area contributed by atoms with Gasteiger partial charge in [-0.1, -0.05) is 5.92 Å². The van der Waals surface area contributed by atoms with Gasteiger partial charge in [0.05, 0.1) is 0 Å². The Kier molecular flexibility index (Phi) is 3.60. The van der Waals surface area contributed by atoms with Gasteiger partial charge in [0.2, 0.25) is 5.88 Å². The second kappa shape index (κ2) is 5.36. The Labute approximate surface area is 95.7 Å². The van der Waals surface area contributed by atoms with E-state index >= 15 is 0 Å². The van der Waals surface area contributed by atoms with Gasteiger partial charge in [-0.15, -0.1) is 5.92 Å². The molecule has 0 aliphatic carbocycles. The van der Waals surface area contributed by atoms with Crippen molar-refractivity contribution in [2.75, 3.05) is 24.6 Å². The van der Waals surface area contributed by atoms with Gasteiger partial charge in [-0.3, -0.25) is 0 Å². The fourth-order valence-corrected chi connectivity index (χ4v) is 1.71. The summed E-state index contributed by atoms with van der Waals surface area (Å²) in [6.45, 7) is 4.32. The lowest BCUT2D eigenvalue weighted by Crippen LogP contribution is -2.19. The molecule has 0 saturated carbocycles. The highest BCUT2D eigenvalue weighted by atomic mass is 16.5. The maximum Gasteiger partial charge on any atom is 0.219 e. The minimum atomic E-state index is 0.382. The van der Waals surface area contributed by atoms with Crippen molar-refractivity contribution in [1.82, 2.24) is 9.97 Å². The number of nitrogens with zero attached hydrogens (tertiary/aromatic N) is 3. The quantitative estimate of drug-likeness (QED) is 0.719. The highest BCUT2D eigenvalue weighted by molar-refractivity contribution is 5.41. The summed E-state index contributed by atoms with van der Waals surface area (Å²) in [5.41, 5.74) is 0. The molecule has 1 aromatic heterocycles. The van der Waals surface area contributed by atoms with Gasteiger partial charge >= 0.3 is 0 Å². The largest absolute Gasteiger partial charge is 0.464 e. The molecule has 4 heteroatoms. The first-order chi connectivity index (χ1) is 7.90. The molecule has 0 N–H and O–H groups in total. The SMILES string of the molecule is CC#CCOc1cc(N2CCCC2)ncn1. The number of hydrogen-bond donors (Lipinski definition) is 0.